The fraction of sp³-hybridized carbons (Fsp3) is 0.0213. The van der Waals surface area contributed by atoms with Crippen LogP contribution >= 0.6 is 0 Å². The van der Waals surface area contributed by atoms with Crippen LogP contribution in [0, 0.1) is 0 Å². The predicted molar refractivity (Wildman–Crippen MR) is 213 cm³/mol. The molecule has 8 aromatic carbocycles. The maximum Gasteiger partial charge on any atom is 0.160 e. The van der Waals surface area contributed by atoms with Crippen LogP contribution in [0.25, 0.3) is 76.5 Å². The number of furan rings is 2. The largest absolute Gasteiger partial charge is 0.456 e. The summed E-state index contributed by atoms with van der Waals surface area (Å²) in [6.45, 7) is 0. The first-order valence-electron chi connectivity index (χ1n) is 17.5. The van der Waals surface area contributed by atoms with Gasteiger partial charge >= 0.3 is 0 Å². The van der Waals surface area contributed by atoms with Crippen LogP contribution in [-0.2, 0) is 0 Å². The molecule has 0 radical (unpaired) electrons. The number of para-hydroxylation sites is 1. The molecule has 2 aromatic heterocycles. The Morgan fingerprint density at radius 2 is 1.06 bits per heavy atom. The number of hydrogen-bond donors (Lipinski definition) is 1. The van der Waals surface area contributed by atoms with Gasteiger partial charge in [-0.3, -0.25) is 0 Å². The molecule has 5 heteroatoms. The summed E-state index contributed by atoms with van der Waals surface area (Å²) in [6.07, 6.45) is -0.341. The van der Waals surface area contributed by atoms with Crippen molar-refractivity contribution < 1.29 is 8.83 Å². The maximum absolute atomic E-state index is 6.56. The SMILES string of the molecule is c1ccc2cc(C3=NC(c4cccc5oc6cc(-c7ccc8c(c7)oc7ccccc78)ccc6c45)=NC(c4ccc5ccccc5c4)N3)ccc2c1. The third kappa shape index (κ3) is 4.63. The molecule has 244 valence electrons. The molecular formula is C47H29N3O2. The van der Waals surface area contributed by atoms with Crippen LogP contribution in [0.15, 0.2) is 183 Å². The summed E-state index contributed by atoms with van der Waals surface area (Å²) in [5, 5.41) is 12.6. The van der Waals surface area contributed by atoms with Crippen LogP contribution < -0.4 is 5.32 Å². The number of nitrogens with zero attached hydrogens (tertiary/aromatic N) is 2. The fourth-order valence-electron chi connectivity index (χ4n) is 7.70. The smallest absolute Gasteiger partial charge is 0.160 e. The van der Waals surface area contributed by atoms with Gasteiger partial charge in [0.05, 0.1) is 0 Å². The first-order valence-corrected chi connectivity index (χ1v) is 17.5. The molecule has 52 heavy (non-hydrogen) atoms. The van der Waals surface area contributed by atoms with E-state index in [1.807, 2.05) is 30.3 Å². The summed E-state index contributed by atoms with van der Waals surface area (Å²) in [5.41, 5.74) is 8.50. The lowest BCUT2D eigenvalue weighted by Crippen LogP contribution is -2.33. The van der Waals surface area contributed by atoms with Gasteiger partial charge in [-0.25, -0.2) is 9.98 Å². The molecule has 0 amide bonds. The van der Waals surface area contributed by atoms with E-state index in [1.54, 1.807) is 0 Å². The molecule has 1 aliphatic heterocycles. The molecule has 1 aliphatic rings. The third-order valence-electron chi connectivity index (χ3n) is 10.3. The van der Waals surface area contributed by atoms with Crippen LogP contribution in [0.4, 0.5) is 0 Å². The lowest BCUT2D eigenvalue weighted by molar-refractivity contribution is 0.668. The van der Waals surface area contributed by atoms with Crippen LogP contribution in [0.5, 0.6) is 0 Å². The lowest BCUT2D eigenvalue weighted by atomic mass is 10.00. The minimum absolute atomic E-state index is 0.341. The van der Waals surface area contributed by atoms with Gasteiger partial charge in [-0.05, 0) is 86.8 Å². The number of amidine groups is 2. The van der Waals surface area contributed by atoms with Gasteiger partial charge in [0.2, 0.25) is 0 Å². The van der Waals surface area contributed by atoms with Crippen LogP contribution in [-0.4, -0.2) is 11.7 Å². The number of benzene rings is 8. The number of rotatable bonds is 4. The summed E-state index contributed by atoms with van der Waals surface area (Å²) in [5.74, 6) is 1.44. The van der Waals surface area contributed by atoms with Crippen molar-refractivity contribution in [2.24, 2.45) is 9.98 Å². The number of nitrogens with one attached hydrogen (secondary N) is 1. The summed E-state index contributed by atoms with van der Waals surface area (Å²) < 4.78 is 12.8. The Morgan fingerprint density at radius 3 is 1.88 bits per heavy atom. The zero-order valence-corrected chi connectivity index (χ0v) is 27.9. The van der Waals surface area contributed by atoms with E-state index >= 15 is 0 Å². The van der Waals surface area contributed by atoms with E-state index in [2.05, 4.69) is 139 Å². The summed E-state index contributed by atoms with van der Waals surface area (Å²) in [6, 6.07) is 57.0. The normalized spacial score (nSPS) is 14.7. The number of fused-ring (bicyclic) bond motifs is 8. The van der Waals surface area contributed by atoms with Crippen molar-refractivity contribution in [1.82, 2.24) is 5.32 Å². The average Bonchev–Trinajstić information content (AvgIpc) is 3.78. The van der Waals surface area contributed by atoms with E-state index in [4.69, 9.17) is 18.8 Å². The molecule has 1 atom stereocenters. The summed E-state index contributed by atoms with van der Waals surface area (Å²) >= 11 is 0. The van der Waals surface area contributed by atoms with Crippen LogP contribution in [0.3, 0.4) is 0 Å². The average molecular weight is 668 g/mol. The van der Waals surface area contributed by atoms with Crippen LogP contribution in [0.1, 0.15) is 22.9 Å². The predicted octanol–water partition coefficient (Wildman–Crippen LogP) is 12.0. The second-order valence-corrected chi connectivity index (χ2v) is 13.4. The molecule has 0 fully saturated rings. The summed E-state index contributed by atoms with van der Waals surface area (Å²) in [4.78, 5) is 10.5. The highest BCUT2D eigenvalue weighted by Gasteiger charge is 2.24. The highest BCUT2D eigenvalue weighted by molar-refractivity contribution is 6.22. The Labute approximate surface area is 298 Å². The zero-order chi connectivity index (χ0) is 34.2. The molecule has 5 nitrogen and oxygen atoms in total. The van der Waals surface area contributed by atoms with Crippen LogP contribution in [0.2, 0.25) is 0 Å². The Kier molecular flexibility index (Phi) is 6.25. The highest BCUT2D eigenvalue weighted by atomic mass is 16.3. The van der Waals surface area contributed by atoms with Gasteiger partial charge in [0, 0.05) is 32.7 Å². The van der Waals surface area contributed by atoms with E-state index in [0.717, 1.165) is 82.9 Å². The van der Waals surface area contributed by atoms with E-state index < -0.39 is 0 Å². The third-order valence-corrected chi connectivity index (χ3v) is 10.3. The molecule has 0 aliphatic carbocycles. The molecule has 0 spiro atoms. The van der Waals surface area contributed by atoms with Crippen molar-refractivity contribution in [2.75, 3.05) is 0 Å². The maximum atomic E-state index is 6.56. The van der Waals surface area contributed by atoms with E-state index in [0.29, 0.717) is 5.84 Å². The van der Waals surface area contributed by atoms with Gasteiger partial charge in [0.25, 0.3) is 0 Å². The number of aliphatic imine (C=N–C) groups is 2. The van der Waals surface area contributed by atoms with Gasteiger partial charge in [0.1, 0.15) is 34.3 Å². The van der Waals surface area contributed by atoms with E-state index in [9.17, 15) is 0 Å². The topological polar surface area (TPSA) is 63.0 Å². The molecule has 0 bridgehead atoms. The minimum atomic E-state index is -0.341. The van der Waals surface area contributed by atoms with Crippen molar-refractivity contribution in [3.05, 3.63) is 180 Å². The quantitative estimate of drug-likeness (QED) is 0.203. The van der Waals surface area contributed by atoms with Gasteiger partial charge in [-0.1, -0.05) is 115 Å². The molecule has 10 aromatic rings. The number of hydrogen-bond acceptors (Lipinski definition) is 5. The Hall–Kier alpha value is -6.98. The Bertz CT molecular complexity index is 3130. The van der Waals surface area contributed by atoms with Crippen molar-refractivity contribution in [3.63, 3.8) is 0 Å². The van der Waals surface area contributed by atoms with Crippen molar-refractivity contribution >= 4 is 77.1 Å². The molecular weight excluding hydrogens is 639 g/mol. The first kappa shape index (κ1) is 28.8. The highest BCUT2D eigenvalue weighted by Crippen LogP contribution is 2.38. The first-order chi connectivity index (χ1) is 25.7. The molecule has 3 heterocycles. The van der Waals surface area contributed by atoms with Crippen molar-refractivity contribution in [1.29, 1.82) is 0 Å². The van der Waals surface area contributed by atoms with E-state index in [-0.39, 0.29) is 6.17 Å². The standard InChI is InChI=1S/C47H29N3O2/c1-3-10-30-24-34(18-16-28(30)8-1)45-48-46(35-19-17-29-9-2-4-11-31(29)25-35)50-47(49-45)39-13-7-15-41-44(39)38-23-21-33(27-43(38)52-41)32-20-22-37-36-12-5-6-14-40(36)51-42(37)26-32/h1-27,45H,(H,48,49,50). The Morgan fingerprint density at radius 1 is 0.442 bits per heavy atom. The van der Waals surface area contributed by atoms with Gasteiger partial charge in [-0.2, -0.15) is 0 Å². The van der Waals surface area contributed by atoms with Gasteiger partial charge < -0.3 is 14.2 Å². The molecule has 1 N–H and O–H groups in total. The van der Waals surface area contributed by atoms with Gasteiger partial charge in [0.15, 0.2) is 5.84 Å². The molecule has 0 saturated carbocycles. The Balaban J connectivity index is 1.05. The van der Waals surface area contributed by atoms with Gasteiger partial charge in [-0.15, -0.1) is 0 Å². The second-order valence-electron chi connectivity index (χ2n) is 13.4. The lowest BCUT2D eigenvalue weighted by Gasteiger charge is -2.24. The van der Waals surface area contributed by atoms with E-state index in [1.165, 1.54) is 16.2 Å². The zero-order valence-electron chi connectivity index (χ0n) is 27.9. The molecule has 1 unspecified atom stereocenters. The molecule has 0 saturated heterocycles. The minimum Gasteiger partial charge on any atom is -0.456 e. The fourth-order valence-corrected chi connectivity index (χ4v) is 7.70. The summed E-state index contributed by atoms with van der Waals surface area (Å²) in [7, 11) is 0. The van der Waals surface area contributed by atoms with Crippen molar-refractivity contribution in [2.45, 2.75) is 6.17 Å². The van der Waals surface area contributed by atoms with Crippen molar-refractivity contribution in [3.8, 4) is 11.1 Å². The second kappa shape index (κ2) is 11.3. The molecule has 11 rings (SSSR count). The monoisotopic (exact) mass is 667 g/mol.